The topological polar surface area (TPSA) is 15.3 Å². The van der Waals surface area contributed by atoms with Crippen molar-refractivity contribution in [3.63, 3.8) is 0 Å². The fourth-order valence-corrected chi connectivity index (χ4v) is 2.45. The third kappa shape index (κ3) is 5.39. The number of rotatable bonds is 4. The van der Waals surface area contributed by atoms with Crippen LogP contribution in [-0.4, -0.2) is 36.1 Å². The Morgan fingerprint density at radius 2 is 1.71 bits per heavy atom. The fraction of sp³-hybridized carbons (Fsp3) is 1.00. The van der Waals surface area contributed by atoms with Crippen molar-refractivity contribution >= 4 is 0 Å². The Labute approximate surface area is 108 Å². The maximum Gasteiger partial charge on any atom is 0.0218 e. The normalized spacial score (nSPS) is 23.6. The average molecular weight is 240 g/mol. The first kappa shape index (κ1) is 15.0. The molecule has 0 amide bonds. The molecule has 1 saturated heterocycles. The molecule has 1 rings (SSSR count). The van der Waals surface area contributed by atoms with Crippen LogP contribution in [0.25, 0.3) is 0 Å². The number of piperidine rings is 1. The Kier molecular flexibility index (Phi) is 5.03. The van der Waals surface area contributed by atoms with E-state index in [-0.39, 0.29) is 5.54 Å². The molecule has 0 spiro atoms. The number of nitrogens with zero attached hydrogens (tertiary/aromatic N) is 1. The molecule has 1 N–H and O–H groups in total. The summed E-state index contributed by atoms with van der Waals surface area (Å²) in [4.78, 5) is 2.68. The predicted molar refractivity (Wildman–Crippen MR) is 76.4 cm³/mol. The minimum absolute atomic E-state index is 0.239. The van der Waals surface area contributed by atoms with Gasteiger partial charge in [-0.15, -0.1) is 0 Å². The molecule has 17 heavy (non-hydrogen) atoms. The first-order valence-corrected chi connectivity index (χ1v) is 7.22. The maximum atomic E-state index is 3.65. The van der Waals surface area contributed by atoms with E-state index in [9.17, 15) is 0 Å². The molecule has 1 aliphatic rings. The van der Waals surface area contributed by atoms with E-state index < -0.39 is 0 Å². The van der Waals surface area contributed by atoms with Crippen molar-refractivity contribution < 1.29 is 0 Å². The van der Waals surface area contributed by atoms with Gasteiger partial charge in [-0.05, 0) is 58.5 Å². The molecule has 0 saturated carbocycles. The van der Waals surface area contributed by atoms with Crippen molar-refractivity contribution in [2.24, 2.45) is 5.41 Å². The minimum Gasteiger partial charge on any atom is -0.311 e. The summed E-state index contributed by atoms with van der Waals surface area (Å²) in [6, 6.07) is 0.713. The largest absolute Gasteiger partial charge is 0.311 e. The molecule has 1 unspecified atom stereocenters. The summed E-state index contributed by atoms with van der Waals surface area (Å²) in [7, 11) is 0. The monoisotopic (exact) mass is 240 g/mol. The van der Waals surface area contributed by atoms with Crippen LogP contribution in [0.15, 0.2) is 0 Å². The molecule has 0 aromatic carbocycles. The summed E-state index contributed by atoms with van der Waals surface area (Å²) in [5, 5.41) is 3.65. The van der Waals surface area contributed by atoms with Gasteiger partial charge in [0.2, 0.25) is 0 Å². The van der Waals surface area contributed by atoms with Crippen molar-refractivity contribution in [3.8, 4) is 0 Å². The smallest absolute Gasteiger partial charge is 0.0218 e. The van der Waals surface area contributed by atoms with Gasteiger partial charge < -0.3 is 5.32 Å². The highest BCUT2D eigenvalue weighted by Crippen LogP contribution is 2.30. The number of hydrogen-bond donors (Lipinski definition) is 1. The highest BCUT2D eigenvalue weighted by molar-refractivity contribution is 4.84. The molecule has 0 radical (unpaired) electrons. The molecule has 1 atom stereocenters. The van der Waals surface area contributed by atoms with Crippen LogP contribution < -0.4 is 5.32 Å². The van der Waals surface area contributed by atoms with Crippen LogP contribution in [0.2, 0.25) is 0 Å². The van der Waals surface area contributed by atoms with E-state index in [0.29, 0.717) is 11.5 Å². The molecule has 0 aliphatic carbocycles. The van der Waals surface area contributed by atoms with E-state index in [1.165, 1.54) is 32.4 Å². The third-order valence-electron chi connectivity index (χ3n) is 4.01. The predicted octanol–water partition coefficient (Wildman–Crippen LogP) is 3.28. The average Bonchev–Trinajstić information content (AvgIpc) is 2.19. The van der Waals surface area contributed by atoms with Gasteiger partial charge >= 0.3 is 0 Å². The van der Waals surface area contributed by atoms with Gasteiger partial charge in [0.05, 0.1) is 0 Å². The second-order valence-corrected chi connectivity index (χ2v) is 7.39. The van der Waals surface area contributed by atoms with E-state index in [2.05, 4.69) is 51.8 Å². The summed E-state index contributed by atoms with van der Waals surface area (Å²) in [5.74, 6) is 0. The quantitative estimate of drug-likeness (QED) is 0.811. The van der Waals surface area contributed by atoms with E-state index in [0.717, 1.165) is 6.54 Å². The van der Waals surface area contributed by atoms with Crippen LogP contribution in [0.1, 0.15) is 60.8 Å². The molecular weight excluding hydrogens is 208 g/mol. The van der Waals surface area contributed by atoms with Crippen LogP contribution >= 0.6 is 0 Å². The Bertz CT molecular complexity index is 218. The Morgan fingerprint density at radius 1 is 1.18 bits per heavy atom. The molecule has 102 valence electrons. The summed E-state index contributed by atoms with van der Waals surface area (Å²) in [5.41, 5.74) is 0.800. The molecule has 1 heterocycles. The number of nitrogens with one attached hydrogen (secondary N) is 1. The highest BCUT2D eigenvalue weighted by atomic mass is 15.2. The van der Waals surface area contributed by atoms with Gasteiger partial charge in [0.15, 0.2) is 0 Å². The SMILES string of the molecule is CCC(CNC(C)(C)C)N1CCC(C)(C)CC1. The molecule has 0 bridgehead atoms. The van der Waals surface area contributed by atoms with Crippen LogP contribution in [0.4, 0.5) is 0 Å². The van der Waals surface area contributed by atoms with Crippen LogP contribution in [0, 0.1) is 5.41 Å². The van der Waals surface area contributed by atoms with Crippen molar-refractivity contribution in [2.45, 2.75) is 72.4 Å². The fourth-order valence-electron chi connectivity index (χ4n) is 2.45. The Morgan fingerprint density at radius 3 is 2.12 bits per heavy atom. The zero-order valence-corrected chi connectivity index (χ0v) is 12.8. The van der Waals surface area contributed by atoms with E-state index in [1.807, 2.05) is 0 Å². The lowest BCUT2D eigenvalue weighted by molar-refractivity contribution is 0.0880. The molecule has 1 fully saturated rings. The zero-order valence-electron chi connectivity index (χ0n) is 12.8. The second-order valence-electron chi connectivity index (χ2n) is 7.39. The van der Waals surface area contributed by atoms with Crippen molar-refractivity contribution in [1.82, 2.24) is 10.2 Å². The molecule has 0 aromatic rings. The van der Waals surface area contributed by atoms with Gasteiger partial charge in [0, 0.05) is 18.1 Å². The number of likely N-dealkylation sites (tertiary alicyclic amines) is 1. The maximum absolute atomic E-state index is 3.65. The van der Waals surface area contributed by atoms with Gasteiger partial charge in [-0.25, -0.2) is 0 Å². The highest BCUT2D eigenvalue weighted by Gasteiger charge is 2.28. The van der Waals surface area contributed by atoms with E-state index in [1.54, 1.807) is 0 Å². The lowest BCUT2D eigenvalue weighted by Crippen LogP contribution is -2.50. The second kappa shape index (κ2) is 5.71. The number of hydrogen-bond acceptors (Lipinski definition) is 2. The molecule has 0 aromatic heterocycles. The summed E-state index contributed by atoms with van der Waals surface area (Å²) < 4.78 is 0. The molecule has 2 heteroatoms. The summed E-state index contributed by atoms with van der Waals surface area (Å²) in [6.07, 6.45) is 3.95. The van der Waals surface area contributed by atoms with Gasteiger partial charge in [-0.1, -0.05) is 20.8 Å². The van der Waals surface area contributed by atoms with E-state index >= 15 is 0 Å². The van der Waals surface area contributed by atoms with Crippen molar-refractivity contribution in [2.75, 3.05) is 19.6 Å². The van der Waals surface area contributed by atoms with Crippen LogP contribution in [0.3, 0.4) is 0 Å². The van der Waals surface area contributed by atoms with Gasteiger partial charge in [0.25, 0.3) is 0 Å². The first-order valence-electron chi connectivity index (χ1n) is 7.22. The molecular formula is C15H32N2. The van der Waals surface area contributed by atoms with Crippen molar-refractivity contribution in [1.29, 1.82) is 0 Å². The first-order chi connectivity index (χ1) is 7.73. The zero-order chi connectivity index (χ0) is 13.1. The van der Waals surface area contributed by atoms with Crippen LogP contribution in [-0.2, 0) is 0 Å². The lowest BCUT2D eigenvalue weighted by atomic mass is 9.82. The van der Waals surface area contributed by atoms with Crippen LogP contribution in [0.5, 0.6) is 0 Å². The minimum atomic E-state index is 0.239. The van der Waals surface area contributed by atoms with Crippen molar-refractivity contribution in [3.05, 3.63) is 0 Å². The molecule has 1 aliphatic heterocycles. The summed E-state index contributed by atoms with van der Waals surface area (Å²) in [6.45, 7) is 17.5. The molecule has 2 nitrogen and oxygen atoms in total. The van der Waals surface area contributed by atoms with E-state index in [4.69, 9.17) is 0 Å². The van der Waals surface area contributed by atoms with Gasteiger partial charge in [-0.3, -0.25) is 4.90 Å². The standard InChI is InChI=1S/C15H32N2/c1-7-13(12-16-14(2,3)4)17-10-8-15(5,6)9-11-17/h13,16H,7-12H2,1-6H3. The third-order valence-corrected chi connectivity index (χ3v) is 4.01. The van der Waals surface area contributed by atoms with Gasteiger partial charge in [-0.2, -0.15) is 0 Å². The Balaban J connectivity index is 2.41. The van der Waals surface area contributed by atoms with Gasteiger partial charge in [0.1, 0.15) is 0 Å². The Hall–Kier alpha value is -0.0800. The summed E-state index contributed by atoms with van der Waals surface area (Å²) >= 11 is 0. The lowest BCUT2D eigenvalue weighted by Gasteiger charge is -2.41.